The van der Waals surface area contributed by atoms with E-state index in [4.69, 9.17) is 70.5 Å². The number of methoxy groups -OCH3 is 1. The van der Waals surface area contributed by atoms with Crippen LogP contribution in [0.4, 0.5) is 0 Å². The summed E-state index contributed by atoms with van der Waals surface area (Å²) in [5, 5.41) is 14.2. The number of rotatable bonds is 36. The van der Waals surface area contributed by atoms with E-state index in [1.165, 1.54) is 32.8 Å². The summed E-state index contributed by atoms with van der Waals surface area (Å²) < 4.78 is 58.6. The number of carbonyl (C=O) groups excluding carboxylic acids is 4. The number of hydrogen-bond donors (Lipinski definition) is 1. The predicted octanol–water partition coefficient (Wildman–Crippen LogP) is 9.32. The molecule has 85 heavy (non-hydrogen) atoms. The smallest absolute Gasteiger partial charge is 0.309 e. The molecule has 6 atom stereocenters. The molecule has 2 aromatic rings. The zero-order chi connectivity index (χ0) is 61.8. The third kappa shape index (κ3) is 25.8. The van der Waals surface area contributed by atoms with Crippen LogP contribution in [0.3, 0.4) is 0 Å². The van der Waals surface area contributed by atoms with Gasteiger partial charge in [0.25, 0.3) is 12.1 Å². The van der Waals surface area contributed by atoms with Crippen LogP contribution >= 0.6 is 0 Å². The number of aryl methyl sites for hydroxylation is 1. The summed E-state index contributed by atoms with van der Waals surface area (Å²) in [5.74, 6) is 7.64. The number of benzene rings is 3. The second-order valence-corrected chi connectivity index (χ2v) is 20.2. The highest BCUT2D eigenvalue weighted by Gasteiger charge is 2.49. The largest absolute Gasteiger partial charge is 0.508 e. The highest BCUT2D eigenvalue weighted by Crippen LogP contribution is 2.52. The van der Waals surface area contributed by atoms with Crippen LogP contribution in [0.1, 0.15) is 71.8 Å². The van der Waals surface area contributed by atoms with E-state index in [2.05, 4.69) is 50.6 Å². The minimum Gasteiger partial charge on any atom is -0.508 e. The summed E-state index contributed by atoms with van der Waals surface area (Å²) in [5.41, 5.74) is 12.5. The van der Waals surface area contributed by atoms with Gasteiger partial charge in [-0.1, -0.05) is 25.0 Å². The first kappa shape index (κ1) is 70.1. The summed E-state index contributed by atoms with van der Waals surface area (Å²) in [7, 11) is 1.62. The van der Waals surface area contributed by atoms with E-state index >= 15 is 0 Å². The standard InChI is InChI=1S/C30H26O4.C17H29NO7.C16H26N4O6/c1-18-14-21(33-17-27-23-6-4-2-3-5-7-24(23)27)10-13-22(18)30-25-11-8-19(31)15-28(25)34-29-16-20(32)9-12-26(29)30;1-14(13-16(19)15(2)18-3)17(20)25-12-11-24-10-9-23-8-7-22-6-5-21-4;1-13(12-15(21)14(2)18-3)16(22)26-11-10-25-9-8-24-7-6-23-5-4-19-20-17/h8-16,23-24,27,31H,4-7,17H2,1H3;14-15H,5-13H2,1-2,4H3;13-14H,4-12H2,1-2H3/t;14-,15+;13-,14+/m.00/s1. The number of fused-ring (bicyclic) bond motifs is 3. The fourth-order valence-corrected chi connectivity index (χ4v) is 8.95. The van der Waals surface area contributed by atoms with Crippen molar-refractivity contribution < 1.29 is 76.1 Å². The van der Waals surface area contributed by atoms with Crippen molar-refractivity contribution in [2.75, 3.05) is 119 Å². The monoisotopic (exact) mass is 1180 g/mol. The number of azide groups is 1. The number of esters is 2. The molecule has 2 unspecified atom stereocenters. The first-order chi connectivity index (χ1) is 41.1. The lowest BCUT2D eigenvalue weighted by Gasteiger charge is -2.17. The Morgan fingerprint density at radius 3 is 1.66 bits per heavy atom. The molecular formula is C63H81N5O17. The molecule has 1 aliphatic heterocycles. The van der Waals surface area contributed by atoms with Crippen molar-refractivity contribution in [2.45, 2.75) is 85.2 Å². The molecule has 0 saturated heterocycles. The number of ether oxygens (including phenoxy) is 10. The topological polar surface area (TPSA) is 268 Å². The average Bonchev–Trinajstić information content (AvgIpc) is 2.77. The number of phenolic OH excluding ortho intramolecular Hbond substituents is 1. The van der Waals surface area contributed by atoms with Gasteiger partial charge in [0, 0.05) is 86.7 Å². The van der Waals surface area contributed by atoms with E-state index in [1.54, 1.807) is 39.2 Å². The van der Waals surface area contributed by atoms with Crippen LogP contribution in [0, 0.1) is 61.5 Å². The Morgan fingerprint density at radius 2 is 1.16 bits per heavy atom. The summed E-state index contributed by atoms with van der Waals surface area (Å²) in [4.78, 5) is 67.5. The fraction of sp³-hybridized carbons (Fsp3) is 0.571. The number of Topliss-reactive ketones (excluding diaryl/α,β-unsaturated/α-hetero) is 2. The van der Waals surface area contributed by atoms with Crippen molar-refractivity contribution in [1.29, 1.82) is 0 Å². The lowest BCUT2D eigenvalue weighted by atomic mass is 9.91. The Bertz CT molecular complexity index is 2940. The highest BCUT2D eigenvalue weighted by molar-refractivity contribution is 6.03. The first-order valence-corrected chi connectivity index (χ1v) is 28.6. The van der Waals surface area contributed by atoms with Gasteiger partial charge < -0.3 is 66.6 Å². The molecule has 0 radical (unpaired) electrons. The van der Waals surface area contributed by atoms with Gasteiger partial charge in [0.15, 0.2) is 5.43 Å². The quantitative estimate of drug-likeness (QED) is 0.00649. The molecule has 4 aliphatic rings. The predicted molar refractivity (Wildman–Crippen MR) is 316 cm³/mol. The second-order valence-electron chi connectivity index (χ2n) is 20.2. The Balaban J connectivity index is 0.000000280. The third-order valence-electron chi connectivity index (χ3n) is 13.8. The van der Waals surface area contributed by atoms with Crippen molar-refractivity contribution >= 4 is 34.5 Å². The van der Waals surface area contributed by atoms with Gasteiger partial charge >= 0.3 is 11.9 Å². The van der Waals surface area contributed by atoms with Crippen LogP contribution in [-0.4, -0.2) is 160 Å². The Kier molecular flexibility index (Phi) is 33.0. The highest BCUT2D eigenvalue weighted by atomic mass is 16.6. The van der Waals surface area contributed by atoms with Crippen molar-refractivity contribution in [2.24, 2.45) is 34.7 Å². The van der Waals surface area contributed by atoms with E-state index in [1.807, 2.05) is 18.2 Å². The molecule has 0 spiro atoms. The minimum atomic E-state index is -0.731. The zero-order valence-electron chi connectivity index (χ0n) is 49.7. The number of hydrogen-bond acceptors (Lipinski definition) is 18. The maximum absolute atomic E-state index is 12.0. The maximum atomic E-state index is 12.0. The van der Waals surface area contributed by atoms with E-state index in [0.29, 0.717) is 96.5 Å². The van der Waals surface area contributed by atoms with E-state index in [0.717, 1.165) is 64.7 Å². The molecule has 1 N–H and O–H groups in total. The number of aromatic hydroxyl groups is 1. The van der Waals surface area contributed by atoms with E-state index in [-0.39, 0.29) is 62.0 Å². The van der Waals surface area contributed by atoms with Crippen LogP contribution in [0.25, 0.3) is 53.6 Å². The van der Waals surface area contributed by atoms with Gasteiger partial charge in [-0.05, 0) is 90.6 Å². The molecule has 22 nitrogen and oxygen atoms in total. The lowest BCUT2D eigenvalue weighted by Crippen LogP contribution is -2.23. The molecule has 3 aliphatic carbocycles. The maximum Gasteiger partial charge on any atom is 0.309 e. The average molecular weight is 1180 g/mol. The van der Waals surface area contributed by atoms with Crippen molar-refractivity contribution in [3.05, 3.63) is 104 Å². The molecule has 1 heterocycles. The van der Waals surface area contributed by atoms with Crippen LogP contribution in [0.2, 0.25) is 0 Å². The van der Waals surface area contributed by atoms with Gasteiger partial charge in [-0.25, -0.2) is 13.1 Å². The molecular weight excluding hydrogens is 1100 g/mol. The summed E-state index contributed by atoms with van der Waals surface area (Å²) >= 11 is 0. The van der Waals surface area contributed by atoms with Gasteiger partial charge in [0.1, 0.15) is 36.1 Å². The lowest BCUT2D eigenvalue weighted by molar-refractivity contribution is -0.151. The van der Waals surface area contributed by atoms with Gasteiger partial charge in [-0.2, -0.15) is 0 Å². The van der Waals surface area contributed by atoms with Crippen LogP contribution in [-0.2, 0) is 61.8 Å². The Labute approximate surface area is 497 Å². The Morgan fingerprint density at radius 1 is 0.671 bits per heavy atom. The zero-order valence-corrected chi connectivity index (χ0v) is 49.7. The molecule has 0 amide bonds. The molecule has 1 fully saturated rings. The summed E-state index contributed by atoms with van der Waals surface area (Å²) in [6.07, 6.45) is 4.45. The van der Waals surface area contributed by atoms with Gasteiger partial charge in [0.2, 0.25) is 11.6 Å². The molecule has 0 bridgehead atoms. The molecule has 2 aromatic carbocycles. The first-order valence-electron chi connectivity index (χ1n) is 28.6. The molecule has 1 saturated carbocycles. The van der Waals surface area contributed by atoms with Crippen molar-refractivity contribution in [3.63, 3.8) is 0 Å². The second kappa shape index (κ2) is 40.0. The third-order valence-corrected chi connectivity index (χ3v) is 13.8. The van der Waals surface area contributed by atoms with E-state index in [9.17, 15) is 29.1 Å². The van der Waals surface area contributed by atoms with Crippen molar-refractivity contribution in [1.82, 2.24) is 0 Å². The molecule has 0 aromatic heterocycles. The normalized spacial score (nSPS) is 16.2. The van der Waals surface area contributed by atoms with Crippen LogP contribution in [0.15, 0.2) is 68.9 Å². The number of nitrogens with zero attached hydrogens (tertiary/aromatic N) is 5. The summed E-state index contributed by atoms with van der Waals surface area (Å²) in [6, 6.07) is 14.7. The minimum absolute atomic E-state index is 0.00199. The number of phenols is 1. The van der Waals surface area contributed by atoms with Crippen LogP contribution < -0.4 is 10.2 Å². The molecule has 460 valence electrons. The van der Waals surface area contributed by atoms with Crippen LogP contribution in [0.5, 0.6) is 11.5 Å². The van der Waals surface area contributed by atoms with Crippen molar-refractivity contribution in [3.8, 4) is 45.8 Å². The number of carbonyl (C=O) groups is 4. The fourth-order valence-electron chi connectivity index (χ4n) is 8.95. The SMILES string of the molecule is Cc1cc(OCC2C3CCC#CCCC32)ccc1-c1c2ccc(=O)cc-2oc2cc(O)ccc12.[C-]#[N+][C@H](C)C(=O)C[C@H](C)C(=O)OCCOCCOCCOCCN=[N+]=[N-].[C-]#[N+][C@H](C)C(=O)C[C@H](C)C(=O)OCCOCCOCCOCCOC. The Hall–Kier alpha value is -7.42. The van der Waals surface area contributed by atoms with E-state index < -0.39 is 35.9 Å². The van der Waals surface area contributed by atoms with Gasteiger partial charge in [-0.3, -0.25) is 24.0 Å². The van der Waals surface area contributed by atoms with Gasteiger partial charge in [-0.15, -0.1) is 11.8 Å². The molecule has 22 heteroatoms. The summed E-state index contributed by atoms with van der Waals surface area (Å²) in [6.45, 7) is 28.5. The van der Waals surface area contributed by atoms with Gasteiger partial charge in [0.05, 0.1) is 104 Å². The molecule has 6 rings (SSSR count). The number of ketones is 2.